The van der Waals surface area contributed by atoms with E-state index in [1.807, 2.05) is 13.1 Å². The van der Waals surface area contributed by atoms with Gasteiger partial charge >= 0.3 is 6.03 Å². The fourth-order valence-corrected chi connectivity index (χ4v) is 4.99. The number of nitrogens with two attached hydrogens (primary N) is 1. The van der Waals surface area contributed by atoms with Gasteiger partial charge in [-0.15, -0.1) is 0 Å². The van der Waals surface area contributed by atoms with Crippen LogP contribution in [0.15, 0.2) is 48.7 Å². The molecule has 2 aromatic carbocycles. The van der Waals surface area contributed by atoms with Gasteiger partial charge in [-0.3, -0.25) is 9.88 Å². The third-order valence-corrected chi connectivity index (χ3v) is 6.79. The predicted molar refractivity (Wildman–Crippen MR) is 120 cm³/mol. The average Bonchev–Trinajstić information content (AvgIpc) is 2.78. The van der Waals surface area contributed by atoms with Gasteiger partial charge in [-0.05, 0) is 66.1 Å². The number of primary amides is 1. The lowest BCUT2D eigenvalue weighted by molar-refractivity contribution is -0.108. The molecule has 31 heavy (non-hydrogen) atoms. The van der Waals surface area contributed by atoms with E-state index in [4.69, 9.17) is 15.2 Å². The smallest absolute Gasteiger partial charge is 0.316 e. The maximum Gasteiger partial charge on any atom is 0.316 e. The molecule has 160 valence electrons. The average molecular weight is 418 g/mol. The Balaban J connectivity index is 1.41. The number of rotatable bonds is 2. The minimum Gasteiger partial charge on any atom is -0.487 e. The normalized spacial score (nSPS) is 22.9. The number of pyridine rings is 1. The van der Waals surface area contributed by atoms with Crippen LogP contribution in [0.2, 0.25) is 0 Å². The van der Waals surface area contributed by atoms with Crippen LogP contribution in [0.3, 0.4) is 0 Å². The first-order chi connectivity index (χ1) is 15.0. The lowest BCUT2D eigenvalue weighted by Gasteiger charge is -2.47. The van der Waals surface area contributed by atoms with Crippen LogP contribution in [0.1, 0.15) is 30.5 Å². The number of ether oxygens (including phenoxy) is 2. The highest BCUT2D eigenvalue weighted by Gasteiger charge is 2.45. The Hall–Kier alpha value is -3.12. The number of methoxy groups -OCH3 is 1. The zero-order chi connectivity index (χ0) is 21.6. The summed E-state index contributed by atoms with van der Waals surface area (Å²) in [5.41, 5.74) is 9.84. The van der Waals surface area contributed by atoms with E-state index in [-0.39, 0.29) is 11.8 Å². The third kappa shape index (κ3) is 3.51. The van der Waals surface area contributed by atoms with Gasteiger partial charge in [0, 0.05) is 43.8 Å². The van der Waals surface area contributed by atoms with Crippen molar-refractivity contribution in [1.29, 1.82) is 0 Å². The molecular weight excluding hydrogens is 390 g/mol. The maximum atomic E-state index is 11.7. The van der Waals surface area contributed by atoms with Crippen LogP contribution in [-0.2, 0) is 11.2 Å². The number of urea groups is 1. The van der Waals surface area contributed by atoms with Gasteiger partial charge in [-0.25, -0.2) is 4.79 Å². The lowest BCUT2D eigenvalue weighted by atomic mass is 9.82. The monoisotopic (exact) mass is 417 g/mol. The molecule has 0 radical (unpaired) electrons. The highest BCUT2D eigenvalue weighted by molar-refractivity contribution is 5.88. The third-order valence-electron chi connectivity index (χ3n) is 6.79. The number of hydrogen-bond acceptors (Lipinski definition) is 4. The van der Waals surface area contributed by atoms with Crippen LogP contribution in [-0.4, -0.2) is 41.4 Å². The number of nitrogens with zero attached hydrogens (tertiary/aromatic N) is 2. The predicted octanol–water partition coefficient (Wildman–Crippen LogP) is 4.42. The Kier molecular flexibility index (Phi) is 4.82. The minimum absolute atomic E-state index is 0.311. The zero-order valence-electron chi connectivity index (χ0n) is 17.9. The van der Waals surface area contributed by atoms with Crippen molar-refractivity contribution >= 4 is 16.8 Å². The van der Waals surface area contributed by atoms with Crippen molar-refractivity contribution in [2.45, 2.75) is 44.4 Å². The Morgan fingerprint density at radius 1 is 1.19 bits per heavy atom. The number of hydrogen-bond donors (Lipinski definition) is 1. The summed E-state index contributed by atoms with van der Waals surface area (Å²) in [4.78, 5) is 17.7. The SMILES string of the molecule is COC1CC2(CCc3cc(-c4ccc5c(C)nccc5c4)ccc3O2)CCN1C(N)=O. The summed E-state index contributed by atoms with van der Waals surface area (Å²) in [7, 11) is 1.61. The minimum atomic E-state index is -0.441. The van der Waals surface area contributed by atoms with E-state index in [0.29, 0.717) is 13.0 Å². The molecule has 2 N–H and O–H groups in total. The molecule has 6 heteroatoms. The van der Waals surface area contributed by atoms with Gasteiger partial charge in [0.25, 0.3) is 0 Å². The number of carbonyl (C=O) groups is 1. The molecule has 3 heterocycles. The Labute approximate surface area is 182 Å². The number of fused-ring (bicyclic) bond motifs is 2. The fraction of sp³-hybridized carbons (Fsp3) is 0.360. The van der Waals surface area contributed by atoms with E-state index in [1.165, 1.54) is 27.5 Å². The second kappa shape index (κ2) is 7.54. The molecule has 2 atom stereocenters. The van der Waals surface area contributed by atoms with Crippen LogP contribution in [0, 0.1) is 6.92 Å². The van der Waals surface area contributed by atoms with Crippen LogP contribution in [0.25, 0.3) is 21.9 Å². The van der Waals surface area contributed by atoms with Crippen LogP contribution >= 0.6 is 0 Å². The fourth-order valence-electron chi connectivity index (χ4n) is 4.99. The molecule has 2 aliphatic heterocycles. The van der Waals surface area contributed by atoms with E-state index in [0.717, 1.165) is 30.7 Å². The Morgan fingerprint density at radius 2 is 2.00 bits per heavy atom. The lowest BCUT2D eigenvalue weighted by Crippen LogP contribution is -2.57. The van der Waals surface area contributed by atoms with Crippen molar-refractivity contribution in [2.75, 3.05) is 13.7 Å². The molecule has 1 aromatic heterocycles. The van der Waals surface area contributed by atoms with Gasteiger partial charge in [0.1, 0.15) is 17.6 Å². The molecule has 0 bridgehead atoms. The van der Waals surface area contributed by atoms with Crippen molar-refractivity contribution in [2.24, 2.45) is 5.73 Å². The number of aromatic nitrogens is 1. The van der Waals surface area contributed by atoms with Crippen molar-refractivity contribution in [3.8, 4) is 16.9 Å². The Bertz CT molecular complexity index is 1160. The molecule has 6 nitrogen and oxygen atoms in total. The molecule has 1 saturated heterocycles. The quantitative estimate of drug-likeness (QED) is 0.669. The summed E-state index contributed by atoms with van der Waals surface area (Å²) in [6, 6.07) is 14.6. The maximum absolute atomic E-state index is 11.7. The molecule has 3 aromatic rings. The first kappa shape index (κ1) is 19.8. The largest absolute Gasteiger partial charge is 0.487 e. The van der Waals surface area contributed by atoms with E-state index >= 15 is 0 Å². The van der Waals surface area contributed by atoms with Crippen LogP contribution in [0.4, 0.5) is 4.79 Å². The number of benzene rings is 2. The first-order valence-electron chi connectivity index (χ1n) is 10.7. The number of piperidine rings is 1. The molecular formula is C25H27N3O3. The summed E-state index contributed by atoms with van der Waals surface area (Å²) in [5, 5.41) is 2.38. The second-order valence-corrected chi connectivity index (χ2v) is 8.62. The number of likely N-dealkylation sites (tertiary alicyclic amines) is 1. The number of carbonyl (C=O) groups excluding carboxylic acids is 1. The van der Waals surface area contributed by atoms with Gasteiger partial charge in [-0.1, -0.05) is 18.2 Å². The van der Waals surface area contributed by atoms with Crippen molar-refractivity contribution in [1.82, 2.24) is 9.88 Å². The van der Waals surface area contributed by atoms with Gasteiger partial charge < -0.3 is 15.2 Å². The summed E-state index contributed by atoms with van der Waals surface area (Å²) >= 11 is 0. The second-order valence-electron chi connectivity index (χ2n) is 8.62. The summed E-state index contributed by atoms with van der Waals surface area (Å²) in [6.07, 6.45) is 4.74. The van der Waals surface area contributed by atoms with Crippen LogP contribution in [0.5, 0.6) is 5.75 Å². The van der Waals surface area contributed by atoms with Gasteiger partial charge in [0.2, 0.25) is 0 Å². The first-order valence-corrected chi connectivity index (χ1v) is 10.7. The van der Waals surface area contributed by atoms with E-state index in [2.05, 4.69) is 47.4 Å². The van der Waals surface area contributed by atoms with Crippen molar-refractivity contribution in [3.63, 3.8) is 0 Å². The topological polar surface area (TPSA) is 77.7 Å². The van der Waals surface area contributed by atoms with Gasteiger partial charge in [0.15, 0.2) is 0 Å². The highest BCUT2D eigenvalue weighted by Crippen LogP contribution is 2.42. The van der Waals surface area contributed by atoms with E-state index in [9.17, 15) is 4.79 Å². The molecule has 2 aliphatic rings. The molecule has 1 fully saturated rings. The molecule has 5 rings (SSSR count). The standard InChI is InChI=1S/C25H27N3O3/c1-16-21-5-3-17(13-19(21)8-11-27-16)18-4-6-22-20(14-18)7-9-25(31-22)10-12-28(24(26)29)23(15-25)30-2/h3-6,8,11,13-14,23H,7,9-10,12,15H2,1-2H3,(H2,26,29). The molecule has 1 spiro atoms. The summed E-state index contributed by atoms with van der Waals surface area (Å²) in [6.45, 7) is 2.59. The van der Waals surface area contributed by atoms with Crippen molar-refractivity contribution < 1.29 is 14.3 Å². The molecule has 0 saturated carbocycles. The molecule has 2 unspecified atom stereocenters. The van der Waals surface area contributed by atoms with Gasteiger partial charge in [-0.2, -0.15) is 0 Å². The highest BCUT2D eigenvalue weighted by atomic mass is 16.5. The van der Waals surface area contributed by atoms with Crippen LogP contribution < -0.4 is 10.5 Å². The number of aryl methyl sites for hydroxylation is 2. The van der Waals surface area contributed by atoms with E-state index in [1.54, 1.807) is 12.0 Å². The van der Waals surface area contributed by atoms with E-state index < -0.39 is 6.03 Å². The van der Waals surface area contributed by atoms with Crippen molar-refractivity contribution in [3.05, 3.63) is 59.9 Å². The zero-order valence-corrected chi connectivity index (χ0v) is 17.9. The van der Waals surface area contributed by atoms with Gasteiger partial charge in [0.05, 0.1) is 0 Å². The molecule has 2 amide bonds. The molecule has 0 aliphatic carbocycles. The summed E-state index contributed by atoms with van der Waals surface area (Å²) < 4.78 is 12.1. The summed E-state index contributed by atoms with van der Waals surface area (Å²) in [5.74, 6) is 0.929. The Morgan fingerprint density at radius 3 is 2.81 bits per heavy atom. The number of amides is 2.